The highest BCUT2D eigenvalue weighted by Gasteiger charge is 2.02. The van der Waals surface area contributed by atoms with Gasteiger partial charge in [0, 0.05) is 19.9 Å². The Labute approximate surface area is 123 Å². The average Bonchev–Trinajstić information content (AvgIpc) is 2.75. The van der Waals surface area contributed by atoms with Crippen LogP contribution in [0.4, 0.5) is 0 Å². The SMILES string of the molecule is CCCCCCCCc1ccc2c(Br)csc2c1. The van der Waals surface area contributed by atoms with E-state index < -0.39 is 0 Å². The number of unbranched alkanes of at least 4 members (excludes halogenated alkanes) is 5. The molecule has 2 rings (SSSR count). The van der Waals surface area contributed by atoms with Crippen LogP contribution in [0.5, 0.6) is 0 Å². The second-order valence-electron chi connectivity index (χ2n) is 4.93. The van der Waals surface area contributed by atoms with Crippen LogP contribution in [0.2, 0.25) is 0 Å². The first-order valence-corrected chi connectivity index (χ1v) is 8.64. The van der Waals surface area contributed by atoms with Crippen LogP contribution in [0.1, 0.15) is 51.0 Å². The van der Waals surface area contributed by atoms with Crippen molar-refractivity contribution < 1.29 is 0 Å². The van der Waals surface area contributed by atoms with Crippen LogP contribution in [0.3, 0.4) is 0 Å². The predicted molar refractivity (Wildman–Crippen MR) is 86.6 cm³/mol. The van der Waals surface area contributed by atoms with E-state index in [9.17, 15) is 0 Å². The van der Waals surface area contributed by atoms with Gasteiger partial charge < -0.3 is 0 Å². The Morgan fingerprint density at radius 1 is 1.06 bits per heavy atom. The van der Waals surface area contributed by atoms with Crippen LogP contribution < -0.4 is 0 Å². The second kappa shape index (κ2) is 7.30. The number of aryl methyl sites for hydroxylation is 1. The summed E-state index contributed by atoms with van der Waals surface area (Å²) in [5.74, 6) is 0. The minimum atomic E-state index is 1.23. The van der Waals surface area contributed by atoms with Crippen LogP contribution in [-0.4, -0.2) is 0 Å². The summed E-state index contributed by atoms with van der Waals surface area (Å²) in [4.78, 5) is 0. The summed E-state index contributed by atoms with van der Waals surface area (Å²) in [5, 5.41) is 3.53. The summed E-state index contributed by atoms with van der Waals surface area (Å²) < 4.78 is 2.64. The van der Waals surface area contributed by atoms with E-state index in [0.29, 0.717) is 0 Å². The van der Waals surface area contributed by atoms with Gasteiger partial charge in [0.05, 0.1) is 0 Å². The molecule has 2 heteroatoms. The third kappa shape index (κ3) is 3.83. The van der Waals surface area contributed by atoms with Gasteiger partial charge in [-0.15, -0.1) is 11.3 Å². The smallest absolute Gasteiger partial charge is 0.0361 e. The lowest BCUT2D eigenvalue weighted by atomic mass is 10.0. The molecule has 0 aliphatic heterocycles. The van der Waals surface area contributed by atoms with Crippen molar-refractivity contribution in [2.24, 2.45) is 0 Å². The van der Waals surface area contributed by atoms with E-state index in [1.165, 1.54) is 65.1 Å². The fraction of sp³-hybridized carbons (Fsp3) is 0.500. The summed E-state index contributed by atoms with van der Waals surface area (Å²) >= 11 is 5.42. The van der Waals surface area contributed by atoms with E-state index in [1.807, 2.05) is 11.3 Å². The molecule has 0 radical (unpaired) electrons. The van der Waals surface area contributed by atoms with E-state index >= 15 is 0 Å². The topological polar surface area (TPSA) is 0 Å². The third-order valence-corrected chi connectivity index (χ3v) is 5.32. The van der Waals surface area contributed by atoms with Crippen LogP contribution in [-0.2, 0) is 6.42 Å². The molecule has 0 saturated carbocycles. The lowest BCUT2D eigenvalue weighted by molar-refractivity contribution is 0.607. The average molecular weight is 325 g/mol. The van der Waals surface area contributed by atoms with E-state index in [4.69, 9.17) is 0 Å². The molecular weight excluding hydrogens is 304 g/mol. The van der Waals surface area contributed by atoms with Gasteiger partial charge in [0.25, 0.3) is 0 Å². The number of halogens is 1. The Morgan fingerprint density at radius 3 is 2.67 bits per heavy atom. The number of benzene rings is 1. The molecule has 0 spiro atoms. The van der Waals surface area contributed by atoms with Crippen molar-refractivity contribution in [3.8, 4) is 0 Å². The number of hydrogen-bond donors (Lipinski definition) is 0. The van der Waals surface area contributed by atoms with Gasteiger partial charge in [0.2, 0.25) is 0 Å². The van der Waals surface area contributed by atoms with Gasteiger partial charge in [0.15, 0.2) is 0 Å². The Morgan fingerprint density at radius 2 is 1.83 bits per heavy atom. The highest BCUT2D eigenvalue weighted by atomic mass is 79.9. The van der Waals surface area contributed by atoms with Gasteiger partial charge >= 0.3 is 0 Å². The van der Waals surface area contributed by atoms with Crippen molar-refractivity contribution in [1.82, 2.24) is 0 Å². The van der Waals surface area contributed by atoms with E-state index in [1.54, 1.807) is 0 Å². The van der Waals surface area contributed by atoms with Crippen molar-refractivity contribution in [2.45, 2.75) is 51.9 Å². The zero-order valence-electron chi connectivity index (χ0n) is 11.0. The first-order chi connectivity index (χ1) is 8.81. The Bertz CT molecular complexity index is 487. The number of thiophene rings is 1. The van der Waals surface area contributed by atoms with Crippen LogP contribution in [0.25, 0.3) is 10.1 Å². The molecule has 0 aliphatic carbocycles. The molecule has 0 amide bonds. The molecule has 1 aromatic carbocycles. The second-order valence-corrected chi connectivity index (χ2v) is 6.70. The Kier molecular flexibility index (Phi) is 5.71. The fourth-order valence-corrected chi connectivity index (χ4v) is 3.94. The highest BCUT2D eigenvalue weighted by molar-refractivity contribution is 9.10. The molecule has 18 heavy (non-hydrogen) atoms. The fourth-order valence-electron chi connectivity index (χ4n) is 2.31. The maximum atomic E-state index is 3.59. The molecule has 98 valence electrons. The summed E-state index contributed by atoms with van der Waals surface area (Å²) in [6.45, 7) is 2.27. The zero-order chi connectivity index (χ0) is 12.8. The van der Waals surface area contributed by atoms with Gasteiger partial charge in [-0.25, -0.2) is 0 Å². The molecule has 0 N–H and O–H groups in total. The number of hydrogen-bond acceptors (Lipinski definition) is 1. The molecule has 0 bridgehead atoms. The van der Waals surface area contributed by atoms with Crippen molar-refractivity contribution in [3.05, 3.63) is 33.6 Å². The van der Waals surface area contributed by atoms with Crippen LogP contribution in [0.15, 0.2) is 28.1 Å². The quantitative estimate of drug-likeness (QED) is 0.505. The molecule has 0 saturated heterocycles. The molecule has 0 fully saturated rings. The molecule has 1 aromatic heterocycles. The van der Waals surface area contributed by atoms with Crippen LogP contribution >= 0.6 is 27.3 Å². The summed E-state index contributed by atoms with van der Waals surface area (Å²) in [6.07, 6.45) is 9.50. The van der Waals surface area contributed by atoms with Crippen molar-refractivity contribution in [1.29, 1.82) is 0 Å². The molecule has 1 heterocycles. The van der Waals surface area contributed by atoms with Gasteiger partial charge in [-0.2, -0.15) is 0 Å². The summed E-state index contributed by atoms with van der Waals surface area (Å²) in [7, 11) is 0. The number of fused-ring (bicyclic) bond motifs is 1. The van der Waals surface area contributed by atoms with E-state index in [0.717, 1.165) is 0 Å². The Balaban J connectivity index is 1.81. The third-order valence-electron chi connectivity index (χ3n) is 3.41. The predicted octanol–water partition coefficient (Wildman–Crippen LogP) is 6.57. The first kappa shape index (κ1) is 14.1. The van der Waals surface area contributed by atoms with E-state index in [-0.39, 0.29) is 0 Å². The van der Waals surface area contributed by atoms with Crippen LogP contribution in [0, 0.1) is 0 Å². The molecular formula is C16H21BrS. The zero-order valence-corrected chi connectivity index (χ0v) is 13.4. The van der Waals surface area contributed by atoms with Crippen molar-refractivity contribution in [3.63, 3.8) is 0 Å². The monoisotopic (exact) mass is 324 g/mol. The normalized spacial score (nSPS) is 11.2. The van der Waals surface area contributed by atoms with Crippen molar-refractivity contribution >= 4 is 37.4 Å². The largest absolute Gasteiger partial charge is 0.143 e. The first-order valence-electron chi connectivity index (χ1n) is 6.97. The molecule has 0 nitrogen and oxygen atoms in total. The standard InChI is InChI=1S/C16H21BrS/c1-2-3-4-5-6-7-8-13-9-10-14-15(17)12-18-16(14)11-13/h9-12H,2-8H2,1H3. The van der Waals surface area contributed by atoms with Gasteiger partial charge in [0.1, 0.15) is 0 Å². The summed E-state index contributed by atoms with van der Waals surface area (Å²) in [6, 6.07) is 6.89. The lowest BCUT2D eigenvalue weighted by Crippen LogP contribution is -1.86. The lowest BCUT2D eigenvalue weighted by Gasteiger charge is -2.02. The van der Waals surface area contributed by atoms with Gasteiger partial charge in [-0.05, 0) is 40.4 Å². The highest BCUT2D eigenvalue weighted by Crippen LogP contribution is 2.31. The molecule has 0 unspecified atom stereocenters. The maximum absolute atomic E-state index is 3.59. The molecule has 0 aliphatic rings. The minimum Gasteiger partial charge on any atom is -0.143 e. The van der Waals surface area contributed by atoms with Gasteiger partial charge in [-0.3, -0.25) is 0 Å². The maximum Gasteiger partial charge on any atom is 0.0361 e. The van der Waals surface area contributed by atoms with E-state index in [2.05, 4.69) is 46.4 Å². The molecule has 2 aromatic rings. The van der Waals surface area contributed by atoms with Gasteiger partial charge in [-0.1, -0.05) is 51.2 Å². The minimum absolute atomic E-state index is 1.23. The Hall–Kier alpha value is -0.340. The molecule has 0 atom stereocenters. The summed E-state index contributed by atoms with van der Waals surface area (Å²) in [5.41, 5.74) is 1.49. The number of rotatable bonds is 7. The van der Waals surface area contributed by atoms with Crippen molar-refractivity contribution in [2.75, 3.05) is 0 Å².